The van der Waals surface area contributed by atoms with Crippen molar-refractivity contribution in [2.24, 2.45) is 0 Å². The second-order valence-electron chi connectivity index (χ2n) is 6.74. The van der Waals surface area contributed by atoms with Crippen LogP contribution in [-0.4, -0.2) is 42.9 Å². The molecule has 3 aromatic rings. The molecule has 2 aromatic carbocycles. The second kappa shape index (κ2) is 6.92. The average Bonchev–Trinajstić information content (AvgIpc) is 3.19. The van der Waals surface area contributed by atoms with Gasteiger partial charge in [-0.2, -0.15) is 4.31 Å². The van der Waals surface area contributed by atoms with E-state index in [1.807, 2.05) is 24.3 Å². The van der Waals surface area contributed by atoms with Gasteiger partial charge in [0, 0.05) is 13.1 Å². The third-order valence-corrected chi connectivity index (χ3v) is 6.95. The highest BCUT2D eigenvalue weighted by Crippen LogP contribution is 2.32. The van der Waals surface area contributed by atoms with Crippen LogP contribution in [0.1, 0.15) is 17.9 Å². The molecule has 0 aliphatic carbocycles. The van der Waals surface area contributed by atoms with E-state index in [0.29, 0.717) is 25.0 Å². The first-order valence-corrected chi connectivity index (χ1v) is 10.2. The molecule has 0 spiro atoms. The van der Waals surface area contributed by atoms with Crippen molar-refractivity contribution in [3.63, 3.8) is 0 Å². The van der Waals surface area contributed by atoms with Crippen molar-refractivity contribution in [2.75, 3.05) is 20.2 Å². The van der Waals surface area contributed by atoms with Gasteiger partial charge in [0.05, 0.1) is 22.9 Å². The van der Waals surface area contributed by atoms with E-state index in [0.717, 1.165) is 11.3 Å². The standard InChI is InChI=1S/C19H19N3O5S/c1-27-14-4-2-12(3-5-14)13-8-9-22(11-13)28(25,26)15-6-7-17-16(10-15)18(23)21-19(24)20-17/h2-7,10,13H,8-9,11H2,1H3,(H2,20,21,23,24). The number of hydrogen-bond donors (Lipinski definition) is 2. The largest absolute Gasteiger partial charge is 0.497 e. The van der Waals surface area contributed by atoms with E-state index >= 15 is 0 Å². The van der Waals surface area contributed by atoms with Crippen LogP contribution in [0.5, 0.6) is 5.75 Å². The molecule has 2 heterocycles. The second-order valence-corrected chi connectivity index (χ2v) is 8.68. The number of sulfonamides is 1. The summed E-state index contributed by atoms with van der Waals surface area (Å²) in [5, 5.41) is 0.131. The zero-order valence-electron chi connectivity index (χ0n) is 15.1. The molecule has 9 heteroatoms. The predicted molar refractivity (Wildman–Crippen MR) is 104 cm³/mol. The zero-order valence-corrected chi connectivity index (χ0v) is 16.0. The molecule has 0 amide bonds. The summed E-state index contributed by atoms with van der Waals surface area (Å²) in [5.41, 5.74) is 0.111. The van der Waals surface area contributed by atoms with Gasteiger partial charge < -0.3 is 9.72 Å². The van der Waals surface area contributed by atoms with Crippen molar-refractivity contribution in [3.05, 3.63) is 68.9 Å². The maximum Gasteiger partial charge on any atom is 0.326 e. The van der Waals surface area contributed by atoms with E-state index in [2.05, 4.69) is 9.97 Å². The molecule has 0 radical (unpaired) electrons. The highest BCUT2D eigenvalue weighted by molar-refractivity contribution is 7.89. The lowest BCUT2D eigenvalue weighted by Crippen LogP contribution is -2.29. The van der Waals surface area contributed by atoms with Crippen molar-refractivity contribution in [1.29, 1.82) is 0 Å². The number of nitrogens with one attached hydrogen (secondary N) is 2. The molecule has 28 heavy (non-hydrogen) atoms. The fourth-order valence-electron chi connectivity index (χ4n) is 3.55. The molecular formula is C19H19N3O5S. The van der Waals surface area contributed by atoms with Crippen LogP contribution in [-0.2, 0) is 10.0 Å². The average molecular weight is 401 g/mol. The van der Waals surface area contributed by atoms with Crippen LogP contribution in [0.25, 0.3) is 10.9 Å². The molecular weight excluding hydrogens is 382 g/mol. The van der Waals surface area contributed by atoms with Crippen LogP contribution in [0.4, 0.5) is 0 Å². The van der Waals surface area contributed by atoms with Gasteiger partial charge in [0.2, 0.25) is 10.0 Å². The number of nitrogens with zero attached hydrogens (tertiary/aromatic N) is 1. The Morgan fingerprint density at radius 2 is 1.82 bits per heavy atom. The van der Waals surface area contributed by atoms with Gasteiger partial charge in [-0.25, -0.2) is 13.2 Å². The van der Waals surface area contributed by atoms with Gasteiger partial charge in [0.25, 0.3) is 5.56 Å². The zero-order chi connectivity index (χ0) is 19.9. The Morgan fingerprint density at radius 3 is 2.54 bits per heavy atom. The molecule has 2 N–H and O–H groups in total. The minimum Gasteiger partial charge on any atom is -0.497 e. The van der Waals surface area contributed by atoms with Crippen LogP contribution in [0, 0.1) is 0 Å². The highest BCUT2D eigenvalue weighted by atomic mass is 32.2. The molecule has 1 unspecified atom stereocenters. The summed E-state index contributed by atoms with van der Waals surface area (Å²) < 4.78 is 32.7. The molecule has 1 atom stereocenters. The first-order valence-electron chi connectivity index (χ1n) is 8.79. The van der Waals surface area contributed by atoms with E-state index in [1.165, 1.54) is 22.5 Å². The third-order valence-electron chi connectivity index (χ3n) is 5.09. The molecule has 4 rings (SSSR count). The van der Waals surface area contributed by atoms with Crippen molar-refractivity contribution in [3.8, 4) is 5.75 Å². The number of benzene rings is 2. The van der Waals surface area contributed by atoms with E-state index < -0.39 is 21.3 Å². The summed E-state index contributed by atoms with van der Waals surface area (Å²) in [4.78, 5) is 28.0. The summed E-state index contributed by atoms with van der Waals surface area (Å²) in [7, 11) is -2.15. The fourth-order valence-corrected chi connectivity index (χ4v) is 5.08. The lowest BCUT2D eigenvalue weighted by molar-refractivity contribution is 0.414. The number of aromatic nitrogens is 2. The van der Waals surface area contributed by atoms with Crippen LogP contribution >= 0.6 is 0 Å². The number of H-pyrrole nitrogens is 2. The molecule has 1 fully saturated rings. The normalized spacial score (nSPS) is 17.8. The summed E-state index contributed by atoms with van der Waals surface area (Å²) in [6, 6.07) is 11.8. The molecule has 0 bridgehead atoms. The van der Waals surface area contributed by atoms with Crippen LogP contribution < -0.4 is 16.0 Å². The van der Waals surface area contributed by atoms with Gasteiger partial charge in [-0.05, 0) is 48.2 Å². The Bertz CT molecular complexity index is 1250. The molecule has 0 saturated carbocycles. The van der Waals surface area contributed by atoms with Crippen LogP contribution in [0.2, 0.25) is 0 Å². The molecule has 146 valence electrons. The van der Waals surface area contributed by atoms with Crippen molar-refractivity contribution in [1.82, 2.24) is 14.3 Å². The SMILES string of the molecule is COc1ccc(C2CCN(S(=O)(=O)c3ccc4[nH]c(=O)[nH]c(=O)c4c3)C2)cc1. The van der Waals surface area contributed by atoms with Crippen LogP contribution in [0.3, 0.4) is 0 Å². The Hall–Kier alpha value is -2.91. The van der Waals surface area contributed by atoms with Gasteiger partial charge in [-0.1, -0.05) is 12.1 Å². The number of ether oxygens (including phenoxy) is 1. The van der Waals surface area contributed by atoms with E-state index in [1.54, 1.807) is 7.11 Å². The first kappa shape index (κ1) is 18.5. The quantitative estimate of drug-likeness (QED) is 0.686. The van der Waals surface area contributed by atoms with Crippen molar-refractivity contribution < 1.29 is 13.2 Å². The number of fused-ring (bicyclic) bond motifs is 1. The van der Waals surface area contributed by atoms with Gasteiger partial charge in [-0.3, -0.25) is 9.78 Å². The Kier molecular flexibility index (Phi) is 4.56. The highest BCUT2D eigenvalue weighted by Gasteiger charge is 2.33. The van der Waals surface area contributed by atoms with Crippen LogP contribution in [0.15, 0.2) is 56.9 Å². The maximum absolute atomic E-state index is 13.1. The van der Waals surface area contributed by atoms with Gasteiger partial charge in [-0.15, -0.1) is 0 Å². The molecule has 8 nitrogen and oxygen atoms in total. The van der Waals surface area contributed by atoms with Crippen molar-refractivity contribution >= 4 is 20.9 Å². The van der Waals surface area contributed by atoms with E-state index in [4.69, 9.17) is 4.74 Å². The maximum atomic E-state index is 13.1. The summed E-state index contributed by atoms with van der Waals surface area (Å²) in [5.74, 6) is 0.853. The van der Waals surface area contributed by atoms with Gasteiger partial charge in [0.15, 0.2) is 0 Å². The number of aromatic amines is 2. The Labute approximate surface area is 160 Å². The summed E-state index contributed by atoms with van der Waals surface area (Å²) in [6.45, 7) is 0.772. The fraction of sp³-hybridized carbons (Fsp3) is 0.263. The lowest BCUT2D eigenvalue weighted by atomic mass is 9.99. The third kappa shape index (κ3) is 3.23. The van der Waals surface area contributed by atoms with Gasteiger partial charge in [0.1, 0.15) is 5.75 Å². The Morgan fingerprint density at radius 1 is 1.07 bits per heavy atom. The minimum atomic E-state index is -3.75. The first-order chi connectivity index (χ1) is 13.4. The lowest BCUT2D eigenvalue weighted by Gasteiger charge is -2.17. The van der Waals surface area contributed by atoms with E-state index in [-0.39, 0.29) is 16.2 Å². The molecule has 1 aromatic heterocycles. The topological polar surface area (TPSA) is 112 Å². The Balaban J connectivity index is 1.62. The van der Waals surface area contributed by atoms with E-state index in [9.17, 15) is 18.0 Å². The molecule has 1 aliphatic heterocycles. The summed E-state index contributed by atoms with van der Waals surface area (Å²) >= 11 is 0. The number of methoxy groups -OCH3 is 1. The number of rotatable bonds is 4. The van der Waals surface area contributed by atoms with Crippen molar-refractivity contribution in [2.45, 2.75) is 17.2 Å². The minimum absolute atomic E-state index is 0.0351. The number of hydrogen-bond acceptors (Lipinski definition) is 5. The molecule has 1 aliphatic rings. The summed E-state index contributed by atoms with van der Waals surface area (Å²) in [6.07, 6.45) is 0.715. The monoisotopic (exact) mass is 401 g/mol. The van der Waals surface area contributed by atoms with Gasteiger partial charge >= 0.3 is 5.69 Å². The predicted octanol–water partition coefficient (Wildman–Crippen LogP) is 1.40. The molecule has 1 saturated heterocycles. The smallest absolute Gasteiger partial charge is 0.326 e.